The minimum absolute atomic E-state index is 0.205. The van der Waals surface area contributed by atoms with E-state index in [9.17, 15) is 4.79 Å². The predicted molar refractivity (Wildman–Crippen MR) is 98.8 cm³/mol. The summed E-state index contributed by atoms with van der Waals surface area (Å²) in [7, 11) is 0. The summed E-state index contributed by atoms with van der Waals surface area (Å²) in [6.45, 7) is 0.311. The number of imidazole rings is 2. The smallest absolute Gasteiger partial charge is 0.270 e. The highest BCUT2D eigenvalue weighted by Crippen LogP contribution is 2.16. The molecule has 0 fully saturated rings. The molecule has 6 heteroatoms. The van der Waals surface area contributed by atoms with E-state index in [0.717, 1.165) is 16.9 Å². The fourth-order valence-electron chi connectivity index (χ4n) is 2.73. The standard InChI is InChI=1S/C20H17N5O/c26-20(18-12-21-14-25(18)16-9-5-2-6-10-16)23-13-19-22-11-17(24-19)15-7-3-1-4-8-15/h1-12,14H,13H2,(H,22,24)(H,23,26). The van der Waals surface area contributed by atoms with E-state index < -0.39 is 0 Å². The van der Waals surface area contributed by atoms with Crippen LogP contribution in [0, 0.1) is 0 Å². The van der Waals surface area contributed by atoms with Gasteiger partial charge in [0.15, 0.2) is 0 Å². The molecule has 0 bridgehead atoms. The van der Waals surface area contributed by atoms with Crippen LogP contribution >= 0.6 is 0 Å². The molecule has 2 heterocycles. The van der Waals surface area contributed by atoms with Gasteiger partial charge in [0.2, 0.25) is 0 Å². The van der Waals surface area contributed by atoms with E-state index in [4.69, 9.17) is 0 Å². The summed E-state index contributed by atoms with van der Waals surface area (Å²) >= 11 is 0. The molecule has 2 aromatic carbocycles. The fourth-order valence-corrected chi connectivity index (χ4v) is 2.73. The molecule has 6 nitrogen and oxygen atoms in total. The lowest BCUT2D eigenvalue weighted by Gasteiger charge is -2.08. The number of nitrogens with zero attached hydrogens (tertiary/aromatic N) is 3. The van der Waals surface area contributed by atoms with E-state index in [1.165, 1.54) is 0 Å². The maximum absolute atomic E-state index is 12.5. The zero-order chi connectivity index (χ0) is 17.8. The van der Waals surface area contributed by atoms with Gasteiger partial charge in [0.25, 0.3) is 5.91 Å². The molecule has 26 heavy (non-hydrogen) atoms. The summed E-state index contributed by atoms with van der Waals surface area (Å²) in [5, 5.41) is 2.88. The van der Waals surface area contributed by atoms with Crippen molar-refractivity contribution in [3.63, 3.8) is 0 Å². The van der Waals surface area contributed by atoms with Crippen molar-refractivity contribution >= 4 is 5.91 Å². The van der Waals surface area contributed by atoms with Gasteiger partial charge in [-0.15, -0.1) is 0 Å². The number of amides is 1. The molecule has 2 aromatic heterocycles. The molecule has 0 aliphatic carbocycles. The molecule has 4 aromatic rings. The van der Waals surface area contributed by atoms with Gasteiger partial charge in [0, 0.05) is 5.69 Å². The van der Waals surface area contributed by atoms with E-state index in [2.05, 4.69) is 20.3 Å². The Morgan fingerprint density at radius 1 is 1.00 bits per heavy atom. The summed E-state index contributed by atoms with van der Waals surface area (Å²) in [5.74, 6) is 0.493. The second kappa shape index (κ2) is 7.06. The largest absolute Gasteiger partial charge is 0.343 e. The second-order valence-corrected chi connectivity index (χ2v) is 5.78. The summed E-state index contributed by atoms with van der Waals surface area (Å²) in [6, 6.07) is 19.6. The van der Waals surface area contributed by atoms with Crippen molar-refractivity contribution in [2.24, 2.45) is 0 Å². The molecule has 4 rings (SSSR count). The monoisotopic (exact) mass is 343 g/mol. The van der Waals surface area contributed by atoms with E-state index in [-0.39, 0.29) is 5.91 Å². The molecule has 0 saturated heterocycles. The molecule has 128 valence electrons. The van der Waals surface area contributed by atoms with Crippen LogP contribution < -0.4 is 5.32 Å². The number of aromatic nitrogens is 4. The van der Waals surface area contributed by atoms with Crippen molar-refractivity contribution in [3.8, 4) is 16.9 Å². The quantitative estimate of drug-likeness (QED) is 0.584. The number of hydrogen-bond acceptors (Lipinski definition) is 3. The summed E-state index contributed by atoms with van der Waals surface area (Å²) < 4.78 is 1.76. The van der Waals surface area contributed by atoms with Gasteiger partial charge >= 0.3 is 0 Å². The summed E-state index contributed by atoms with van der Waals surface area (Å²) in [5.41, 5.74) is 3.34. The molecule has 0 radical (unpaired) electrons. The zero-order valence-corrected chi connectivity index (χ0v) is 14.0. The van der Waals surface area contributed by atoms with Crippen molar-refractivity contribution in [1.29, 1.82) is 0 Å². The highest BCUT2D eigenvalue weighted by Gasteiger charge is 2.13. The normalized spacial score (nSPS) is 10.6. The average Bonchev–Trinajstić information content (AvgIpc) is 3.37. The fraction of sp³-hybridized carbons (Fsp3) is 0.0500. The number of nitrogens with one attached hydrogen (secondary N) is 2. The first kappa shape index (κ1) is 15.8. The van der Waals surface area contributed by atoms with Gasteiger partial charge in [-0.1, -0.05) is 48.5 Å². The van der Waals surface area contributed by atoms with Crippen LogP contribution in [-0.4, -0.2) is 25.4 Å². The van der Waals surface area contributed by atoms with E-state index >= 15 is 0 Å². The van der Waals surface area contributed by atoms with Gasteiger partial charge in [-0.2, -0.15) is 0 Å². The van der Waals surface area contributed by atoms with Crippen molar-refractivity contribution in [2.45, 2.75) is 6.54 Å². The molecule has 0 saturated carbocycles. The number of hydrogen-bond donors (Lipinski definition) is 2. The number of para-hydroxylation sites is 1. The van der Waals surface area contributed by atoms with Crippen molar-refractivity contribution in [2.75, 3.05) is 0 Å². The van der Waals surface area contributed by atoms with Crippen LogP contribution in [0.15, 0.2) is 79.4 Å². The Bertz CT molecular complexity index is 1000. The molecule has 0 atom stereocenters. The number of carbonyl (C=O) groups excluding carboxylic acids is 1. The SMILES string of the molecule is O=C(NCc1ncc(-c2ccccc2)[nH]1)c1cncn1-c1ccccc1. The van der Waals surface area contributed by atoms with E-state index in [0.29, 0.717) is 18.1 Å². The lowest BCUT2D eigenvalue weighted by molar-refractivity contribution is 0.0943. The highest BCUT2D eigenvalue weighted by molar-refractivity contribution is 5.92. The van der Waals surface area contributed by atoms with E-state index in [1.807, 2.05) is 60.7 Å². The van der Waals surface area contributed by atoms with Crippen molar-refractivity contribution < 1.29 is 4.79 Å². The Morgan fingerprint density at radius 2 is 1.73 bits per heavy atom. The Hall–Kier alpha value is -3.67. The van der Waals surface area contributed by atoms with Crippen LogP contribution in [0.25, 0.3) is 16.9 Å². The van der Waals surface area contributed by atoms with Crippen molar-refractivity contribution in [1.82, 2.24) is 24.8 Å². The number of aromatic amines is 1. The van der Waals surface area contributed by atoms with Crippen LogP contribution in [0.1, 0.15) is 16.3 Å². The second-order valence-electron chi connectivity index (χ2n) is 5.78. The molecule has 2 N–H and O–H groups in total. The van der Waals surface area contributed by atoms with Crippen molar-refractivity contribution in [3.05, 3.63) is 90.9 Å². The first-order chi connectivity index (χ1) is 12.8. The third-order valence-corrected chi connectivity index (χ3v) is 4.04. The van der Waals surface area contributed by atoms with Gasteiger partial charge in [-0.25, -0.2) is 9.97 Å². The molecule has 1 amide bonds. The van der Waals surface area contributed by atoms with E-state index in [1.54, 1.807) is 23.3 Å². The van der Waals surface area contributed by atoms with Crippen LogP contribution in [-0.2, 0) is 6.54 Å². The highest BCUT2D eigenvalue weighted by atomic mass is 16.1. The minimum atomic E-state index is -0.205. The van der Waals surface area contributed by atoms with Gasteiger partial charge in [0.1, 0.15) is 11.5 Å². The first-order valence-electron chi connectivity index (χ1n) is 8.26. The van der Waals surface area contributed by atoms with Gasteiger partial charge in [-0.05, 0) is 17.7 Å². The number of rotatable bonds is 5. The zero-order valence-electron chi connectivity index (χ0n) is 14.0. The number of carbonyl (C=O) groups is 1. The Labute approximate surface area is 150 Å². The number of H-pyrrole nitrogens is 1. The van der Waals surface area contributed by atoms with Crippen LogP contribution in [0.5, 0.6) is 0 Å². The van der Waals surface area contributed by atoms with Crippen LogP contribution in [0.4, 0.5) is 0 Å². The Kier molecular flexibility index (Phi) is 4.30. The summed E-state index contributed by atoms with van der Waals surface area (Å²) in [4.78, 5) is 24.2. The topological polar surface area (TPSA) is 75.6 Å². The maximum Gasteiger partial charge on any atom is 0.270 e. The third-order valence-electron chi connectivity index (χ3n) is 4.04. The Morgan fingerprint density at radius 3 is 2.50 bits per heavy atom. The third kappa shape index (κ3) is 3.25. The first-order valence-corrected chi connectivity index (χ1v) is 8.26. The molecule has 0 aliphatic rings. The molecule has 0 aliphatic heterocycles. The van der Waals surface area contributed by atoms with Crippen LogP contribution in [0.3, 0.4) is 0 Å². The Balaban J connectivity index is 1.46. The van der Waals surface area contributed by atoms with Crippen LogP contribution in [0.2, 0.25) is 0 Å². The molecular weight excluding hydrogens is 326 g/mol. The molecule has 0 unspecified atom stereocenters. The molecular formula is C20H17N5O. The number of benzene rings is 2. The summed E-state index contributed by atoms with van der Waals surface area (Å²) in [6.07, 6.45) is 4.95. The maximum atomic E-state index is 12.5. The van der Waals surface area contributed by atoms with Gasteiger partial charge < -0.3 is 10.3 Å². The lowest BCUT2D eigenvalue weighted by Crippen LogP contribution is -2.25. The van der Waals surface area contributed by atoms with Gasteiger partial charge in [-0.3, -0.25) is 9.36 Å². The van der Waals surface area contributed by atoms with Gasteiger partial charge in [0.05, 0.1) is 31.0 Å². The average molecular weight is 343 g/mol. The lowest BCUT2D eigenvalue weighted by atomic mass is 10.2. The minimum Gasteiger partial charge on any atom is -0.343 e. The predicted octanol–water partition coefficient (Wildman–Crippen LogP) is 3.19. The molecule has 0 spiro atoms.